The minimum atomic E-state index is -0.315. The zero-order valence-corrected chi connectivity index (χ0v) is 7.61. The number of hydrazine groups is 1. The number of amides is 1. The molecule has 0 atom stereocenters. The van der Waals surface area contributed by atoms with Crippen molar-refractivity contribution in [2.45, 2.75) is 40.0 Å². The van der Waals surface area contributed by atoms with Crippen molar-refractivity contribution in [3.63, 3.8) is 0 Å². The van der Waals surface area contributed by atoms with Gasteiger partial charge in [0.2, 0.25) is 5.91 Å². The zero-order valence-electron chi connectivity index (χ0n) is 7.61. The molecule has 3 N–H and O–H groups in total. The third kappa shape index (κ3) is 3.37. The molecule has 0 unspecified atom stereocenters. The average Bonchev–Trinajstić information content (AvgIpc) is 1.99. The van der Waals surface area contributed by atoms with E-state index in [1.54, 1.807) is 0 Å². The maximum absolute atomic E-state index is 11.1. The predicted molar refractivity (Wildman–Crippen MR) is 45.6 cm³/mol. The zero-order chi connectivity index (χ0) is 8.91. The van der Waals surface area contributed by atoms with Crippen molar-refractivity contribution in [2.75, 3.05) is 0 Å². The Morgan fingerprint density at radius 3 is 2.45 bits per heavy atom. The number of rotatable bonds is 4. The van der Waals surface area contributed by atoms with Gasteiger partial charge in [0, 0.05) is 5.41 Å². The van der Waals surface area contributed by atoms with Crippen LogP contribution < -0.4 is 11.3 Å². The van der Waals surface area contributed by atoms with E-state index in [2.05, 4.69) is 12.3 Å². The lowest BCUT2D eigenvalue weighted by Gasteiger charge is -2.21. The van der Waals surface area contributed by atoms with E-state index in [9.17, 15) is 4.79 Å². The van der Waals surface area contributed by atoms with Gasteiger partial charge in [0.1, 0.15) is 0 Å². The van der Waals surface area contributed by atoms with Crippen molar-refractivity contribution >= 4 is 5.91 Å². The molecule has 0 aliphatic heterocycles. The highest BCUT2D eigenvalue weighted by atomic mass is 16.2. The third-order valence-corrected chi connectivity index (χ3v) is 1.90. The fourth-order valence-corrected chi connectivity index (χ4v) is 0.928. The SMILES string of the molecule is CCCCC(C)(C)C(=O)NN. The summed E-state index contributed by atoms with van der Waals surface area (Å²) in [4.78, 5) is 11.1. The molecule has 3 nitrogen and oxygen atoms in total. The molecule has 0 radical (unpaired) electrons. The van der Waals surface area contributed by atoms with Crippen molar-refractivity contribution in [1.29, 1.82) is 0 Å². The second-order valence-corrected chi connectivity index (χ2v) is 3.46. The van der Waals surface area contributed by atoms with Crippen LogP contribution in [-0.2, 0) is 4.79 Å². The maximum Gasteiger partial charge on any atom is 0.239 e. The first-order valence-electron chi connectivity index (χ1n) is 4.05. The van der Waals surface area contributed by atoms with Gasteiger partial charge in [-0.15, -0.1) is 0 Å². The number of carbonyl (C=O) groups is 1. The molecular formula is C8H18N2O. The van der Waals surface area contributed by atoms with Crippen LogP contribution in [0.3, 0.4) is 0 Å². The molecule has 0 bridgehead atoms. The van der Waals surface area contributed by atoms with Crippen LogP contribution in [0, 0.1) is 5.41 Å². The Morgan fingerprint density at radius 1 is 1.55 bits per heavy atom. The van der Waals surface area contributed by atoms with Crippen LogP contribution in [0.15, 0.2) is 0 Å². The van der Waals surface area contributed by atoms with Crippen LogP contribution >= 0.6 is 0 Å². The molecule has 1 amide bonds. The van der Waals surface area contributed by atoms with Crippen LogP contribution in [-0.4, -0.2) is 5.91 Å². The van der Waals surface area contributed by atoms with Crippen molar-refractivity contribution in [1.82, 2.24) is 5.43 Å². The van der Waals surface area contributed by atoms with E-state index in [4.69, 9.17) is 5.84 Å². The van der Waals surface area contributed by atoms with Gasteiger partial charge in [0.05, 0.1) is 0 Å². The summed E-state index contributed by atoms with van der Waals surface area (Å²) in [5, 5.41) is 0. The van der Waals surface area contributed by atoms with Crippen LogP contribution in [0.2, 0.25) is 0 Å². The number of nitrogens with one attached hydrogen (secondary N) is 1. The minimum Gasteiger partial charge on any atom is -0.294 e. The fraction of sp³-hybridized carbons (Fsp3) is 0.875. The molecule has 11 heavy (non-hydrogen) atoms. The molecule has 0 aliphatic rings. The van der Waals surface area contributed by atoms with Gasteiger partial charge in [-0.05, 0) is 6.42 Å². The van der Waals surface area contributed by atoms with Gasteiger partial charge in [-0.2, -0.15) is 0 Å². The van der Waals surface area contributed by atoms with Gasteiger partial charge >= 0.3 is 0 Å². The molecule has 0 fully saturated rings. The normalized spacial score (nSPS) is 11.3. The molecule has 0 aliphatic carbocycles. The summed E-state index contributed by atoms with van der Waals surface area (Å²) in [5.74, 6) is 4.95. The molecule has 0 saturated carbocycles. The van der Waals surface area contributed by atoms with E-state index in [0.29, 0.717) is 0 Å². The number of unbranched alkanes of at least 4 members (excludes halogenated alkanes) is 1. The van der Waals surface area contributed by atoms with Gasteiger partial charge in [-0.1, -0.05) is 33.6 Å². The summed E-state index contributed by atoms with van der Waals surface area (Å²) in [5.41, 5.74) is 1.86. The van der Waals surface area contributed by atoms with Gasteiger partial charge < -0.3 is 0 Å². The van der Waals surface area contributed by atoms with Crippen molar-refractivity contribution in [3.05, 3.63) is 0 Å². The van der Waals surface area contributed by atoms with Crippen LogP contribution in [0.1, 0.15) is 40.0 Å². The van der Waals surface area contributed by atoms with E-state index < -0.39 is 0 Å². The lowest BCUT2D eigenvalue weighted by Crippen LogP contribution is -2.40. The molecule has 0 aromatic carbocycles. The molecule has 3 heteroatoms. The van der Waals surface area contributed by atoms with E-state index in [1.807, 2.05) is 13.8 Å². The Labute approximate surface area is 68.3 Å². The first-order valence-corrected chi connectivity index (χ1v) is 4.05. The highest BCUT2D eigenvalue weighted by molar-refractivity contribution is 5.81. The first kappa shape index (κ1) is 10.4. The number of nitrogens with two attached hydrogens (primary N) is 1. The highest BCUT2D eigenvalue weighted by Crippen LogP contribution is 2.22. The third-order valence-electron chi connectivity index (χ3n) is 1.90. The van der Waals surface area contributed by atoms with E-state index >= 15 is 0 Å². The van der Waals surface area contributed by atoms with E-state index in [-0.39, 0.29) is 11.3 Å². The highest BCUT2D eigenvalue weighted by Gasteiger charge is 2.25. The molecule has 0 spiro atoms. The minimum absolute atomic E-state index is 0.0778. The molecule has 0 rings (SSSR count). The molecule has 0 heterocycles. The molecular weight excluding hydrogens is 140 g/mol. The summed E-state index contributed by atoms with van der Waals surface area (Å²) >= 11 is 0. The lowest BCUT2D eigenvalue weighted by atomic mass is 9.86. The fourth-order valence-electron chi connectivity index (χ4n) is 0.928. The summed E-state index contributed by atoms with van der Waals surface area (Å²) in [7, 11) is 0. The summed E-state index contributed by atoms with van der Waals surface area (Å²) in [6.45, 7) is 5.92. The molecule has 0 aromatic rings. The van der Waals surface area contributed by atoms with Crippen molar-refractivity contribution in [2.24, 2.45) is 11.3 Å². The van der Waals surface area contributed by atoms with Gasteiger partial charge in [-0.3, -0.25) is 10.2 Å². The monoisotopic (exact) mass is 158 g/mol. The Balaban J connectivity index is 3.88. The number of carbonyl (C=O) groups excluding carboxylic acids is 1. The standard InChI is InChI=1S/C8H18N2O/c1-4-5-6-8(2,3)7(11)10-9/h4-6,9H2,1-3H3,(H,10,11). The van der Waals surface area contributed by atoms with Crippen LogP contribution in [0.5, 0.6) is 0 Å². The van der Waals surface area contributed by atoms with Gasteiger partial charge in [-0.25, -0.2) is 5.84 Å². The predicted octanol–water partition coefficient (Wildman–Crippen LogP) is 1.19. The molecule has 66 valence electrons. The Bertz CT molecular complexity index is 132. The molecule has 0 aromatic heterocycles. The Hall–Kier alpha value is -0.570. The van der Waals surface area contributed by atoms with E-state index in [0.717, 1.165) is 19.3 Å². The second kappa shape index (κ2) is 4.34. The van der Waals surface area contributed by atoms with Gasteiger partial charge in [0.15, 0.2) is 0 Å². The summed E-state index contributed by atoms with van der Waals surface area (Å²) < 4.78 is 0. The van der Waals surface area contributed by atoms with Crippen LogP contribution in [0.4, 0.5) is 0 Å². The second-order valence-electron chi connectivity index (χ2n) is 3.46. The lowest BCUT2D eigenvalue weighted by molar-refractivity contribution is -0.129. The number of hydrogen-bond acceptors (Lipinski definition) is 2. The smallest absolute Gasteiger partial charge is 0.239 e. The van der Waals surface area contributed by atoms with Crippen LogP contribution in [0.25, 0.3) is 0 Å². The van der Waals surface area contributed by atoms with Gasteiger partial charge in [0.25, 0.3) is 0 Å². The average molecular weight is 158 g/mol. The van der Waals surface area contributed by atoms with E-state index in [1.165, 1.54) is 0 Å². The maximum atomic E-state index is 11.1. The van der Waals surface area contributed by atoms with Crippen molar-refractivity contribution in [3.8, 4) is 0 Å². The largest absolute Gasteiger partial charge is 0.294 e. The topological polar surface area (TPSA) is 55.1 Å². The summed E-state index contributed by atoms with van der Waals surface area (Å²) in [6, 6.07) is 0. The summed E-state index contributed by atoms with van der Waals surface area (Å²) in [6.07, 6.45) is 3.08. The number of hydrogen-bond donors (Lipinski definition) is 2. The Kier molecular flexibility index (Phi) is 4.11. The molecule has 0 saturated heterocycles. The Morgan fingerprint density at radius 2 is 2.09 bits per heavy atom. The quantitative estimate of drug-likeness (QED) is 0.367. The first-order chi connectivity index (χ1) is 5.04. The van der Waals surface area contributed by atoms with Crippen molar-refractivity contribution < 1.29 is 4.79 Å².